The zero-order valence-electron chi connectivity index (χ0n) is 17.7. The molecule has 3 heteroatoms. The van der Waals surface area contributed by atoms with Crippen molar-refractivity contribution in [3.05, 3.63) is 35.9 Å². The zero-order valence-corrected chi connectivity index (χ0v) is 18.4. The fourth-order valence-corrected chi connectivity index (χ4v) is 8.81. The molecule has 5 aliphatic rings. The second-order valence-electron chi connectivity index (χ2n) is 11.3. The quantitative estimate of drug-likeness (QED) is 0.581. The molecular weight excluding hydrogens is 378 g/mol. The van der Waals surface area contributed by atoms with Crippen molar-refractivity contribution in [1.82, 2.24) is 0 Å². The van der Waals surface area contributed by atoms with Gasteiger partial charge in [-0.25, -0.2) is 0 Å². The Balaban J connectivity index is 1.46. The third-order valence-corrected chi connectivity index (χ3v) is 9.34. The molecule has 0 aromatic heterocycles. The number of carbonyl (C=O) groups excluding carboxylic acids is 1. The Labute approximate surface area is 181 Å². The van der Waals surface area contributed by atoms with Crippen molar-refractivity contribution in [3.8, 4) is 0 Å². The Morgan fingerprint density at radius 2 is 1.76 bits per heavy atom. The summed E-state index contributed by atoms with van der Waals surface area (Å²) in [6, 6.07) is 11.5. The number of carbonyl (C=O) groups is 1. The SMILES string of the molecule is NC1CCC(CC(=O)C23CC4C[C@@](CCCl)(C2)C[C@](c2ccccc2)(C4)C3)CC1. The van der Waals surface area contributed by atoms with Crippen molar-refractivity contribution in [2.45, 2.75) is 88.5 Å². The van der Waals surface area contributed by atoms with Gasteiger partial charge in [-0.3, -0.25) is 4.79 Å². The molecule has 0 spiro atoms. The monoisotopic (exact) mass is 413 g/mol. The average Bonchev–Trinajstić information content (AvgIpc) is 2.69. The Bertz CT molecular complexity index is 757. The first kappa shape index (κ1) is 20.1. The molecule has 5 aliphatic carbocycles. The Morgan fingerprint density at radius 1 is 1.00 bits per heavy atom. The Kier molecular flexibility index (Phi) is 5.10. The van der Waals surface area contributed by atoms with Crippen LogP contribution in [-0.2, 0) is 10.2 Å². The minimum Gasteiger partial charge on any atom is -0.328 e. The first-order chi connectivity index (χ1) is 14.0. The summed E-state index contributed by atoms with van der Waals surface area (Å²) in [4.78, 5) is 13.9. The molecule has 1 aromatic carbocycles. The van der Waals surface area contributed by atoms with Crippen LogP contribution in [0.15, 0.2) is 30.3 Å². The zero-order chi connectivity index (χ0) is 20.1. The van der Waals surface area contributed by atoms with E-state index in [1.165, 1.54) is 24.8 Å². The van der Waals surface area contributed by atoms with Gasteiger partial charge in [0.1, 0.15) is 5.78 Å². The number of halogens is 1. The summed E-state index contributed by atoms with van der Waals surface area (Å²) in [5.74, 6) is 2.56. The van der Waals surface area contributed by atoms with Crippen molar-refractivity contribution >= 4 is 17.4 Å². The standard InChI is InChI=1S/C26H36ClNO/c27-11-10-24-13-20-14-25(16-24,21-4-2-1-3-5-21)18-26(15-20,17-24)23(29)12-19-6-8-22(28)9-7-19/h1-5,19-20,22H,6-18,28H2/t19?,20?,22?,24-,25-,26?/m1/s1. The van der Waals surface area contributed by atoms with Gasteiger partial charge in [0, 0.05) is 23.8 Å². The van der Waals surface area contributed by atoms with E-state index in [4.69, 9.17) is 17.3 Å². The molecule has 158 valence electrons. The van der Waals surface area contributed by atoms with Gasteiger partial charge in [-0.1, -0.05) is 30.3 Å². The van der Waals surface area contributed by atoms with E-state index in [0.717, 1.165) is 63.7 Å². The van der Waals surface area contributed by atoms with Crippen LogP contribution in [0.1, 0.15) is 82.6 Å². The second-order valence-corrected chi connectivity index (χ2v) is 11.7. The van der Waals surface area contributed by atoms with Crippen LogP contribution in [0.4, 0.5) is 0 Å². The van der Waals surface area contributed by atoms with Crippen LogP contribution >= 0.6 is 11.6 Å². The van der Waals surface area contributed by atoms with E-state index in [-0.39, 0.29) is 16.2 Å². The molecule has 0 saturated heterocycles. The molecule has 5 fully saturated rings. The fourth-order valence-electron chi connectivity index (χ4n) is 8.41. The normalized spacial score (nSPS) is 43.4. The van der Waals surface area contributed by atoms with E-state index in [9.17, 15) is 4.79 Å². The number of hydrogen-bond donors (Lipinski definition) is 1. The van der Waals surface area contributed by atoms with Crippen LogP contribution < -0.4 is 5.73 Å². The smallest absolute Gasteiger partial charge is 0.139 e. The van der Waals surface area contributed by atoms with Gasteiger partial charge in [0.15, 0.2) is 0 Å². The average molecular weight is 414 g/mol. The third-order valence-electron chi connectivity index (χ3n) is 9.15. The van der Waals surface area contributed by atoms with Crippen LogP contribution in [0.3, 0.4) is 0 Å². The van der Waals surface area contributed by atoms with E-state index in [2.05, 4.69) is 30.3 Å². The Hall–Kier alpha value is -0.860. The largest absolute Gasteiger partial charge is 0.328 e. The summed E-state index contributed by atoms with van der Waals surface area (Å²) >= 11 is 6.33. The summed E-state index contributed by atoms with van der Waals surface area (Å²) in [6.07, 6.45) is 13.5. The van der Waals surface area contributed by atoms with Gasteiger partial charge >= 0.3 is 0 Å². The lowest BCUT2D eigenvalue weighted by Gasteiger charge is -2.66. The van der Waals surface area contributed by atoms with Crippen LogP contribution in [0.2, 0.25) is 0 Å². The lowest BCUT2D eigenvalue weighted by Crippen LogP contribution is -2.61. The summed E-state index contributed by atoms with van der Waals surface area (Å²) in [6.45, 7) is 0. The summed E-state index contributed by atoms with van der Waals surface area (Å²) in [5.41, 5.74) is 7.96. The van der Waals surface area contributed by atoms with Crippen molar-refractivity contribution in [1.29, 1.82) is 0 Å². The summed E-state index contributed by atoms with van der Waals surface area (Å²) in [5, 5.41) is 0. The number of benzene rings is 1. The number of alkyl halides is 1. The molecule has 6 rings (SSSR count). The minimum absolute atomic E-state index is 0.0963. The minimum atomic E-state index is -0.0963. The van der Waals surface area contributed by atoms with E-state index >= 15 is 0 Å². The molecule has 1 aromatic rings. The number of rotatable bonds is 6. The van der Waals surface area contributed by atoms with Crippen molar-refractivity contribution in [2.24, 2.45) is 28.4 Å². The predicted octanol–water partition coefficient (Wildman–Crippen LogP) is 6.00. The van der Waals surface area contributed by atoms with Gasteiger partial charge < -0.3 is 5.73 Å². The van der Waals surface area contributed by atoms with Crippen molar-refractivity contribution in [2.75, 3.05) is 5.88 Å². The maximum absolute atomic E-state index is 13.9. The number of hydrogen-bond acceptors (Lipinski definition) is 2. The molecule has 2 N–H and O–H groups in total. The van der Waals surface area contributed by atoms with Gasteiger partial charge in [0.25, 0.3) is 0 Å². The number of Topliss-reactive ketones (excluding diaryl/α,β-unsaturated/α-hetero) is 1. The van der Waals surface area contributed by atoms with E-state index in [0.29, 0.717) is 23.7 Å². The first-order valence-electron chi connectivity index (χ1n) is 11.9. The van der Waals surface area contributed by atoms with Gasteiger partial charge in [0.05, 0.1) is 0 Å². The third kappa shape index (κ3) is 3.49. The molecular formula is C26H36ClNO. The van der Waals surface area contributed by atoms with Gasteiger partial charge in [-0.05, 0) is 98.9 Å². The van der Waals surface area contributed by atoms with Crippen molar-refractivity contribution < 1.29 is 4.79 Å². The van der Waals surface area contributed by atoms with E-state index in [1.807, 2.05) is 0 Å². The van der Waals surface area contributed by atoms with Gasteiger partial charge in [-0.15, -0.1) is 11.6 Å². The molecule has 4 atom stereocenters. The first-order valence-corrected chi connectivity index (χ1v) is 12.4. The fraction of sp³-hybridized carbons (Fsp3) is 0.731. The molecule has 0 heterocycles. The van der Waals surface area contributed by atoms with Crippen LogP contribution in [-0.4, -0.2) is 17.7 Å². The molecule has 0 aliphatic heterocycles. The number of ketones is 1. The van der Waals surface area contributed by atoms with E-state index in [1.54, 1.807) is 0 Å². The summed E-state index contributed by atoms with van der Waals surface area (Å²) in [7, 11) is 0. The highest BCUT2D eigenvalue weighted by atomic mass is 35.5. The maximum Gasteiger partial charge on any atom is 0.139 e. The predicted molar refractivity (Wildman–Crippen MR) is 119 cm³/mol. The topological polar surface area (TPSA) is 43.1 Å². The highest BCUT2D eigenvalue weighted by Gasteiger charge is 2.65. The molecule has 4 bridgehead atoms. The second kappa shape index (κ2) is 7.38. The van der Waals surface area contributed by atoms with Crippen LogP contribution in [0, 0.1) is 22.7 Å². The highest BCUT2D eigenvalue weighted by molar-refractivity contribution is 6.17. The molecule has 0 amide bonds. The van der Waals surface area contributed by atoms with E-state index < -0.39 is 0 Å². The van der Waals surface area contributed by atoms with Crippen LogP contribution in [0.5, 0.6) is 0 Å². The summed E-state index contributed by atoms with van der Waals surface area (Å²) < 4.78 is 0. The van der Waals surface area contributed by atoms with Gasteiger partial charge in [-0.2, -0.15) is 0 Å². The molecule has 2 unspecified atom stereocenters. The lowest BCUT2D eigenvalue weighted by molar-refractivity contribution is -0.162. The van der Waals surface area contributed by atoms with Crippen LogP contribution in [0.25, 0.3) is 0 Å². The number of nitrogens with two attached hydrogens (primary N) is 1. The molecule has 0 radical (unpaired) electrons. The highest BCUT2D eigenvalue weighted by Crippen LogP contribution is 2.71. The lowest BCUT2D eigenvalue weighted by atomic mass is 9.37. The maximum atomic E-state index is 13.9. The van der Waals surface area contributed by atoms with Gasteiger partial charge in [0.2, 0.25) is 0 Å². The Morgan fingerprint density at radius 3 is 2.48 bits per heavy atom. The molecule has 5 saturated carbocycles. The van der Waals surface area contributed by atoms with Crippen molar-refractivity contribution in [3.63, 3.8) is 0 Å². The molecule has 2 nitrogen and oxygen atoms in total. The molecule has 29 heavy (non-hydrogen) atoms.